The van der Waals surface area contributed by atoms with Gasteiger partial charge in [0.1, 0.15) is 5.76 Å². The van der Waals surface area contributed by atoms with Crippen LogP contribution in [-0.4, -0.2) is 41.2 Å². The lowest BCUT2D eigenvalue weighted by molar-refractivity contribution is 0.0563. The van der Waals surface area contributed by atoms with Crippen molar-refractivity contribution in [1.82, 2.24) is 20.0 Å². The number of carbonyl (C=O) groups excluding carboxylic acids is 1. The fourth-order valence-electron chi connectivity index (χ4n) is 3.00. The number of nitrogens with zero attached hydrogens (tertiary/aromatic N) is 3. The maximum Gasteiger partial charge on any atom is 0.333 e. The molecule has 2 heterocycles. The van der Waals surface area contributed by atoms with E-state index >= 15 is 0 Å². The summed E-state index contributed by atoms with van der Waals surface area (Å²) < 4.78 is 31.8. The van der Waals surface area contributed by atoms with Crippen molar-refractivity contribution < 1.29 is 18.0 Å². The molecular formula is C20H22F2N4O2. The fraction of sp³-hybridized carbons (Fsp3) is 0.300. The van der Waals surface area contributed by atoms with Crippen LogP contribution in [0.15, 0.2) is 53.3 Å². The third-order valence-electron chi connectivity index (χ3n) is 4.50. The van der Waals surface area contributed by atoms with Crippen molar-refractivity contribution in [3.05, 3.63) is 65.9 Å². The minimum absolute atomic E-state index is 0.103. The molecule has 0 aliphatic rings. The van der Waals surface area contributed by atoms with Crippen molar-refractivity contribution in [2.75, 3.05) is 20.6 Å². The zero-order valence-electron chi connectivity index (χ0n) is 15.9. The maximum absolute atomic E-state index is 12.9. The van der Waals surface area contributed by atoms with E-state index < -0.39 is 6.55 Å². The summed E-state index contributed by atoms with van der Waals surface area (Å²) in [6.45, 7) is -0.679. The quantitative estimate of drug-likeness (QED) is 0.667. The number of benzene rings is 1. The van der Waals surface area contributed by atoms with Crippen LogP contribution >= 0.6 is 0 Å². The van der Waals surface area contributed by atoms with Crippen LogP contribution in [0.2, 0.25) is 0 Å². The largest absolute Gasteiger partial charge is 0.468 e. The second kappa shape index (κ2) is 8.35. The van der Waals surface area contributed by atoms with Gasteiger partial charge in [-0.2, -0.15) is 13.9 Å². The highest BCUT2D eigenvalue weighted by Crippen LogP contribution is 2.25. The molecule has 1 N–H and O–H groups in total. The molecule has 0 saturated carbocycles. The molecule has 0 bridgehead atoms. The van der Waals surface area contributed by atoms with Crippen LogP contribution in [0, 0.1) is 6.92 Å². The Morgan fingerprint density at radius 3 is 2.68 bits per heavy atom. The molecule has 6 nitrogen and oxygen atoms in total. The van der Waals surface area contributed by atoms with Crippen molar-refractivity contribution in [2.45, 2.75) is 19.5 Å². The summed E-state index contributed by atoms with van der Waals surface area (Å²) in [5.74, 6) is 0.508. The maximum atomic E-state index is 12.9. The van der Waals surface area contributed by atoms with Crippen LogP contribution in [0.5, 0.6) is 0 Å². The van der Waals surface area contributed by atoms with Crippen LogP contribution in [0.4, 0.5) is 8.78 Å². The van der Waals surface area contributed by atoms with Crippen LogP contribution in [0.25, 0.3) is 11.1 Å². The van der Waals surface area contributed by atoms with E-state index in [4.69, 9.17) is 4.42 Å². The Bertz CT molecular complexity index is 936. The number of carbonyl (C=O) groups is 1. The van der Waals surface area contributed by atoms with E-state index in [1.165, 1.54) is 6.20 Å². The van der Waals surface area contributed by atoms with Crippen molar-refractivity contribution in [3.8, 4) is 11.1 Å². The molecule has 0 aliphatic carbocycles. The first kappa shape index (κ1) is 19.8. The van der Waals surface area contributed by atoms with E-state index in [0.29, 0.717) is 33.6 Å². The summed E-state index contributed by atoms with van der Waals surface area (Å²) in [6.07, 6.45) is 2.88. The minimum atomic E-state index is -2.71. The van der Waals surface area contributed by atoms with Gasteiger partial charge in [0.2, 0.25) is 0 Å². The van der Waals surface area contributed by atoms with Gasteiger partial charge in [0.05, 0.1) is 18.0 Å². The summed E-state index contributed by atoms with van der Waals surface area (Å²) in [5.41, 5.74) is 2.14. The lowest BCUT2D eigenvalue weighted by Gasteiger charge is -2.22. The number of hydrogen-bond donors (Lipinski definition) is 1. The topological polar surface area (TPSA) is 63.3 Å². The molecule has 148 valence electrons. The summed E-state index contributed by atoms with van der Waals surface area (Å²) >= 11 is 0. The zero-order valence-corrected chi connectivity index (χ0v) is 15.9. The number of rotatable bonds is 7. The number of amides is 1. The number of nitrogens with one attached hydrogen (secondary N) is 1. The van der Waals surface area contributed by atoms with Crippen LogP contribution in [0.1, 0.15) is 34.4 Å². The highest BCUT2D eigenvalue weighted by Gasteiger charge is 2.19. The second-order valence-corrected chi connectivity index (χ2v) is 6.67. The molecule has 3 rings (SSSR count). The molecule has 1 amide bonds. The van der Waals surface area contributed by atoms with E-state index in [1.54, 1.807) is 43.5 Å². The number of alkyl halides is 2. The Hall–Kier alpha value is -3.00. The van der Waals surface area contributed by atoms with Gasteiger partial charge in [0.15, 0.2) is 0 Å². The summed E-state index contributed by atoms with van der Waals surface area (Å²) in [5, 5.41) is 6.72. The van der Waals surface area contributed by atoms with Crippen molar-refractivity contribution in [1.29, 1.82) is 0 Å². The molecule has 1 aromatic carbocycles. The molecule has 0 aliphatic heterocycles. The summed E-state index contributed by atoms with van der Waals surface area (Å²) in [7, 11) is 3.81. The molecule has 0 radical (unpaired) electrons. The van der Waals surface area contributed by atoms with E-state index in [0.717, 1.165) is 5.76 Å². The zero-order chi connectivity index (χ0) is 20.3. The van der Waals surface area contributed by atoms with E-state index in [-0.39, 0.29) is 11.9 Å². The van der Waals surface area contributed by atoms with Gasteiger partial charge in [0, 0.05) is 23.9 Å². The highest BCUT2D eigenvalue weighted by atomic mass is 19.3. The minimum Gasteiger partial charge on any atom is -0.468 e. The molecule has 3 aromatic rings. The molecule has 28 heavy (non-hydrogen) atoms. The van der Waals surface area contributed by atoms with Gasteiger partial charge >= 0.3 is 6.55 Å². The van der Waals surface area contributed by atoms with Crippen molar-refractivity contribution >= 4 is 5.91 Å². The Morgan fingerprint density at radius 1 is 1.29 bits per heavy atom. The second-order valence-electron chi connectivity index (χ2n) is 6.67. The number of aryl methyl sites for hydroxylation is 1. The van der Waals surface area contributed by atoms with Crippen LogP contribution < -0.4 is 5.32 Å². The van der Waals surface area contributed by atoms with Crippen LogP contribution in [0.3, 0.4) is 0 Å². The molecular weight excluding hydrogens is 366 g/mol. The first-order chi connectivity index (χ1) is 13.4. The molecule has 2 aromatic heterocycles. The van der Waals surface area contributed by atoms with E-state index in [2.05, 4.69) is 10.4 Å². The third-order valence-corrected chi connectivity index (χ3v) is 4.50. The Kier molecular flexibility index (Phi) is 5.89. The molecule has 1 atom stereocenters. The van der Waals surface area contributed by atoms with Gasteiger partial charge in [-0.1, -0.05) is 12.1 Å². The Balaban J connectivity index is 1.75. The van der Waals surface area contributed by atoms with E-state index in [1.807, 2.05) is 25.1 Å². The fourth-order valence-corrected chi connectivity index (χ4v) is 3.00. The normalized spacial score (nSPS) is 12.5. The standard InChI is InChI=1S/C20H22F2N4O2/c1-13-16(12-26(24-13)20(21)22)14-6-4-7-15(10-14)19(27)23-11-17(25(2)3)18-8-5-9-28-18/h4-10,12,17,20H,11H2,1-3H3,(H,23,27)/t17-/m0/s1. The summed E-state index contributed by atoms with van der Waals surface area (Å²) in [6, 6.07) is 10.4. The van der Waals surface area contributed by atoms with Crippen molar-refractivity contribution in [3.63, 3.8) is 0 Å². The number of furan rings is 1. The lowest BCUT2D eigenvalue weighted by Crippen LogP contribution is -2.34. The number of halogens is 2. The summed E-state index contributed by atoms with van der Waals surface area (Å²) in [4.78, 5) is 14.6. The highest BCUT2D eigenvalue weighted by molar-refractivity contribution is 5.95. The third kappa shape index (κ3) is 4.28. The number of hydrogen-bond acceptors (Lipinski definition) is 4. The SMILES string of the molecule is Cc1nn(C(F)F)cc1-c1cccc(C(=O)NC[C@@H](c2ccco2)N(C)C)c1. The number of aromatic nitrogens is 2. The van der Waals surface area contributed by atoms with Gasteiger partial charge in [-0.3, -0.25) is 9.69 Å². The van der Waals surface area contributed by atoms with Gasteiger partial charge in [-0.05, 0) is 50.8 Å². The average molecular weight is 388 g/mol. The van der Waals surface area contributed by atoms with Crippen LogP contribution in [-0.2, 0) is 0 Å². The number of likely N-dealkylation sites (N-methyl/N-ethyl adjacent to an activating group) is 1. The Morgan fingerprint density at radius 2 is 2.07 bits per heavy atom. The van der Waals surface area contributed by atoms with Crippen molar-refractivity contribution in [2.24, 2.45) is 0 Å². The smallest absolute Gasteiger partial charge is 0.333 e. The van der Waals surface area contributed by atoms with Gasteiger partial charge in [-0.15, -0.1) is 0 Å². The van der Waals surface area contributed by atoms with Gasteiger partial charge in [-0.25, -0.2) is 4.68 Å². The lowest BCUT2D eigenvalue weighted by atomic mass is 10.0. The Labute approximate surface area is 161 Å². The predicted molar refractivity (Wildman–Crippen MR) is 101 cm³/mol. The molecule has 0 saturated heterocycles. The average Bonchev–Trinajstić information content (AvgIpc) is 3.31. The monoisotopic (exact) mass is 388 g/mol. The molecule has 8 heteroatoms. The predicted octanol–water partition coefficient (Wildman–Crippen LogP) is 3.88. The van der Waals surface area contributed by atoms with Gasteiger partial charge in [0.25, 0.3) is 5.91 Å². The molecule has 0 fully saturated rings. The van der Waals surface area contributed by atoms with Gasteiger partial charge < -0.3 is 9.73 Å². The first-order valence-corrected chi connectivity index (χ1v) is 8.79. The van der Waals surface area contributed by atoms with E-state index in [9.17, 15) is 13.6 Å². The first-order valence-electron chi connectivity index (χ1n) is 8.79. The molecule has 0 unspecified atom stereocenters. The molecule has 0 spiro atoms.